The molecule has 2 N–H and O–H groups in total. The molecule has 9 heteroatoms. The lowest BCUT2D eigenvalue weighted by molar-refractivity contribution is -0.387. The van der Waals surface area contributed by atoms with E-state index in [0.29, 0.717) is 26.1 Å². The number of amides is 1. The number of carbonyl (C=O) groups is 1. The summed E-state index contributed by atoms with van der Waals surface area (Å²) in [6, 6.07) is 12.9. The third-order valence-corrected chi connectivity index (χ3v) is 3.74. The SMILES string of the molecule is Cl.NCCN(CCc1ccccc1)C(=O)COc1ccc([N+](=O)[O-])c(F)c1. The first kappa shape index (κ1) is 22.3. The van der Waals surface area contributed by atoms with Crippen molar-refractivity contribution >= 4 is 24.0 Å². The van der Waals surface area contributed by atoms with Crippen molar-refractivity contribution in [1.29, 1.82) is 0 Å². The first-order valence-electron chi connectivity index (χ1n) is 8.09. The number of rotatable bonds is 9. The zero-order chi connectivity index (χ0) is 18.9. The van der Waals surface area contributed by atoms with Gasteiger partial charge in [0.2, 0.25) is 5.82 Å². The highest BCUT2D eigenvalue weighted by molar-refractivity contribution is 5.85. The zero-order valence-electron chi connectivity index (χ0n) is 14.5. The molecule has 0 heterocycles. The van der Waals surface area contributed by atoms with Crippen molar-refractivity contribution in [2.75, 3.05) is 26.2 Å². The zero-order valence-corrected chi connectivity index (χ0v) is 15.4. The largest absolute Gasteiger partial charge is 0.484 e. The summed E-state index contributed by atoms with van der Waals surface area (Å²) in [6.45, 7) is 0.875. The van der Waals surface area contributed by atoms with Crippen molar-refractivity contribution in [3.63, 3.8) is 0 Å². The molecule has 0 saturated heterocycles. The third kappa shape index (κ3) is 6.84. The van der Waals surface area contributed by atoms with Gasteiger partial charge in [-0.3, -0.25) is 14.9 Å². The number of nitro benzene ring substituents is 1. The average Bonchev–Trinajstić information content (AvgIpc) is 2.63. The monoisotopic (exact) mass is 397 g/mol. The summed E-state index contributed by atoms with van der Waals surface area (Å²) in [5.41, 5.74) is 6.02. The summed E-state index contributed by atoms with van der Waals surface area (Å²) in [5, 5.41) is 10.6. The second-order valence-electron chi connectivity index (χ2n) is 5.56. The van der Waals surface area contributed by atoms with Crippen LogP contribution in [-0.4, -0.2) is 42.0 Å². The summed E-state index contributed by atoms with van der Waals surface area (Å²) in [4.78, 5) is 23.7. The Bertz CT molecular complexity index is 762. The number of ether oxygens (including phenoxy) is 1. The minimum atomic E-state index is -1.01. The molecule has 0 bridgehead atoms. The minimum Gasteiger partial charge on any atom is -0.484 e. The molecule has 27 heavy (non-hydrogen) atoms. The van der Waals surface area contributed by atoms with Gasteiger partial charge in [-0.25, -0.2) is 0 Å². The van der Waals surface area contributed by atoms with Crippen LogP contribution in [-0.2, 0) is 11.2 Å². The van der Waals surface area contributed by atoms with Crippen LogP contribution in [0.25, 0.3) is 0 Å². The van der Waals surface area contributed by atoms with E-state index < -0.39 is 16.4 Å². The van der Waals surface area contributed by atoms with Gasteiger partial charge in [0.15, 0.2) is 6.61 Å². The fraction of sp³-hybridized carbons (Fsp3) is 0.278. The van der Waals surface area contributed by atoms with E-state index in [1.165, 1.54) is 6.07 Å². The first-order chi connectivity index (χ1) is 12.5. The van der Waals surface area contributed by atoms with Crippen LogP contribution in [0.1, 0.15) is 5.56 Å². The van der Waals surface area contributed by atoms with E-state index in [0.717, 1.165) is 17.7 Å². The maximum atomic E-state index is 13.6. The van der Waals surface area contributed by atoms with Crippen LogP contribution in [0.4, 0.5) is 10.1 Å². The topological polar surface area (TPSA) is 98.7 Å². The number of carbonyl (C=O) groups excluding carboxylic acids is 1. The van der Waals surface area contributed by atoms with Crippen molar-refractivity contribution in [3.8, 4) is 5.75 Å². The molecule has 0 fully saturated rings. The molecule has 146 valence electrons. The Kier molecular flexibility index (Phi) is 9.18. The number of hydrogen-bond donors (Lipinski definition) is 1. The molecule has 0 saturated carbocycles. The molecule has 0 spiro atoms. The number of benzene rings is 2. The van der Waals surface area contributed by atoms with Gasteiger partial charge < -0.3 is 15.4 Å². The highest BCUT2D eigenvalue weighted by atomic mass is 35.5. The summed E-state index contributed by atoms with van der Waals surface area (Å²) in [7, 11) is 0. The number of halogens is 2. The van der Waals surface area contributed by atoms with Crippen LogP contribution >= 0.6 is 12.4 Å². The molecule has 2 rings (SSSR count). The van der Waals surface area contributed by atoms with Crippen LogP contribution in [0, 0.1) is 15.9 Å². The molecule has 0 aliphatic heterocycles. The fourth-order valence-corrected chi connectivity index (χ4v) is 2.39. The van der Waals surface area contributed by atoms with Gasteiger partial charge >= 0.3 is 5.69 Å². The minimum absolute atomic E-state index is 0. The van der Waals surface area contributed by atoms with Crippen molar-refractivity contribution < 1.29 is 18.8 Å². The lowest BCUT2D eigenvalue weighted by Crippen LogP contribution is -2.39. The first-order valence-corrected chi connectivity index (χ1v) is 8.09. The standard InChI is InChI=1S/C18H20FN3O4.ClH/c19-16-12-15(6-7-17(16)22(24)25)26-13-18(23)21(11-9-20)10-8-14-4-2-1-3-5-14;/h1-7,12H,8-11,13,20H2;1H. The van der Waals surface area contributed by atoms with Gasteiger partial charge in [-0.05, 0) is 18.1 Å². The van der Waals surface area contributed by atoms with Crippen LogP contribution in [0.2, 0.25) is 0 Å². The number of hydrogen-bond acceptors (Lipinski definition) is 5. The Hall–Kier alpha value is -2.71. The van der Waals surface area contributed by atoms with Gasteiger partial charge in [0.05, 0.1) is 4.92 Å². The van der Waals surface area contributed by atoms with Crippen LogP contribution < -0.4 is 10.5 Å². The predicted molar refractivity (Wildman–Crippen MR) is 102 cm³/mol. The van der Waals surface area contributed by atoms with Crippen LogP contribution in [0.15, 0.2) is 48.5 Å². The average molecular weight is 398 g/mol. The van der Waals surface area contributed by atoms with Crippen molar-refractivity contribution in [2.45, 2.75) is 6.42 Å². The second kappa shape index (κ2) is 11.1. The van der Waals surface area contributed by atoms with E-state index in [1.54, 1.807) is 4.90 Å². The predicted octanol–water partition coefficient (Wildman–Crippen LogP) is 2.56. The second-order valence-corrected chi connectivity index (χ2v) is 5.56. The number of nitrogens with zero attached hydrogens (tertiary/aromatic N) is 2. The Morgan fingerprint density at radius 2 is 1.89 bits per heavy atom. The van der Waals surface area contributed by atoms with E-state index >= 15 is 0 Å². The fourth-order valence-electron chi connectivity index (χ4n) is 2.39. The summed E-state index contributed by atoms with van der Waals surface area (Å²) in [6.07, 6.45) is 0.679. The highest BCUT2D eigenvalue weighted by Crippen LogP contribution is 2.22. The molecule has 0 aliphatic carbocycles. The molecule has 1 amide bonds. The lowest BCUT2D eigenvalue weighted by atomic mass is 10.1. The smallest absolute Gasteiger partial charge is 0.305 e. The van der Waals surface area contributed by atoms with Crippen molar-refractivity contribution in [1.82, 2.24) is 4.90 Å². The molecular weight excluding hydrogens is 377 g/mol. The third-order valence-electron chi connectivity index (χ3n) is 3.74. The molecule has 2 aromatic carbocycles. The van der Waals surface area contributed by atoms with Crippen molar-refractivity contribution in [2.24, 2.45) is 5.73 Å². The number of nitro groups is 1. The van der Waals surface area contributed by atoms with E-state index in [1.807, 2.05) is 30.3 Å². The molecule has 0 aromatic heterocycles. The molecule has 0 atom stereocenters. The Morgan fingerprint density at radius 3 is 2.48 bits per heavy atom. The molecule has 0 unspecified atom stereocenters. The van der Waals surface area contributed by atoms with Crippen molar-refractivity contribution in [3.05, 3.63) is 70.0 Å². The van der Waals surface area contributed by atoms with E-state index in [4.69, 9.17) is 10.5 Å². The van der Waals surface area contributed by atoms with E-state index in [-0.39, 0.29) is 30.7 Å². The summed E-state index contributed by atoms with van der Waals surface area (Å²) in [5.74, 6) is -1.25. The maximum Gasteiger partial charge on any atom is 0.305 e. The number of nitrogens with two attached hydrogens (primary N) is 1. The van der Waals surface area contributed by atoms with Gasteiger partial charge in [0.1, 0.15) is 5.75 Å². The molecular formula is C18H21ClFN3O4. The van der Waals surface area contributed by atoms with Gasteiger partial charge in [0.25, 0.3) is 5.91 Å². The summed E-state index contributed by atoms with van der Waals surface area (Å²) >= 11 is 0. The van der Waals surface area contributed by atoms with Gasteiger partial charge in [-0.15, -0.1) is 12.4 Å². The summed E-state index contributed by atoms with van der Waals surface area (Å²) < 4.78 is 18.8. The lowest BCUT2D eigenvalue weighted by Gasteiger charge is -2.22. The van der Waals surface area contributed by atoms with Gasteiger partial charge in [0, 0.05) is 31.8 Å². The molecule has 0 aliphatic rings. The van der Waals surface area contributed by atoms with E-state index in [9.17, 15) is 19.3 Å². The van der Waals surface area contributed by atoms with E-state index in [2.05, 4.69) is 0 Å². The van der Waals surface area contributed by atoms with Gasteiger partial charge in [-0.1, -0.05) is 30.3 Å². The Labute approximate surface area is 162 Å². The molecule has 2 aromatic rings. The highest BCUT2D eigenvalue weighted by Gasteiger charge is 2.17. The van der Waals surface area contributed by atoms with Gasteiger partial charge in [-0.2, -0.15) is 4.39 Å². The Morgan fingerprint density at radius 1 is 1.19 bits per heavy atom. The van der Waals surface area contributed by atoms with Crippen LogP contribution in [0.3, 0.4) is 0 Å². The van der Waals surface area contributed by atoms with Crippen LogP contribution in [0.5, 0.6) is 5.75 Å². The maximum absolute atomic E-state index is 13.6. The molecule has 7 nitrogen and oxygen atoms in total. The Balaban J connectivity index is 0.00000364. The quantitative estimate of drug-likeness (QED) is 0.518. The molecule has 0 radical (unpaired) electrons. The normalized spacial score (nSPS) is 10.0.